The van der Waals surface area contributed by atoms with Crippen LogP contribution >= 0.6 is 11.3 Å². The van der Waals surface area contributed by atoms with Crippen molar-refractivity contribution in [3.8, 4) is 10.9 Å². The molecule has 1 saturated heterocycles. The van der Waals surface area contributed by atoms with Gasteiger partial charge in [0, 0.05) is 11.5 Å². The van der Waals surface area contributed by atoms with Crippen molar-refractivity contribution < 1.29 is 9.15 Å². The van der Waals surface area contributed by atoms with Gasteiger partial charge in [0.25, 0.3) is 5.19 Å². The third-order valence-corrected chi connectivity index (χ3v) is 5.76. The zero-order chi connectivity index (χ0) is 17.3. The number of piperidine rings is 1. The molecule has 0 saturated carbocycles. The maximum absolute atomic E-state index is 6.07. The Morgan fingerprint density at radius 1 is 1.04 bits per heavy atom. The molecule has 4 nitrogen and oxygen atoms in total. The highest BCUT2D eigenvalue weighted by atomic mass is 32.1. The second kappa shape index (κ2) is 6.74. The molecule has 0 atom stereocenters. The van der Waals surface area contributed by atoms with Crippen LogP contribution in [-0.2, 0) is 6.54 Å². The summed E-state index contributed by atoms with van der Waals surface area (Å²) in [6.07, 6.45) is 3.93. The summed E-state index contributed by atoms with van der Waals surface area (Å²) in [6, 6.07) is 16.2. The van der Waals surface area contributed by atoms with E-state index in [2.05, 4.69) is 28.1 Å². The molecule has 0 spiro atoms. The van der Waals surface area contributed by atoms with Gasteiger partial charge >= 0.3 is 0 Å². The first-order valence-corrected chi connectivity index (χ1v) is 9.93. The quantitative estimate of drug-likeness (QED) is 0.457. The van der Waals surface area contributed by atoms with Crippen molar-refractivity contribution in [2.75, 3.05) is 13.1 Å². The first kappa shape index (κ1) is 15.9. The molecule has 0 N–H and O–H groups in total. The molecule has 132 valence electrons. The lowest BCUT2D eigenvalue weighted by Crippen LogP contribution is -2.28. The molecule has 1 aliphatic rings. The van der Waals surface area contributed by atoms with E-state index in [1.54, 1.807) is 11.3 Å². The number of fused-ring (bicyclic) bond motifs is 2. The van der Waals surface area contributed by atoms with Crippen LogP contribution < -0.4 is 4.74 Å². The Balaban J connectivity index is 1.36. The Labute approximate surface area is 156 Å². The maximum atomic E-state index is 6.07. The van der Waals surface area contributed by atoms with Crippen molar-refractivity contribution in [3.05, 3.63) is 54.3 Å². The number of benzene rings is 2. The van der Waals surface area contributed by atoms with Crippen LogP contribution in [0.3, 0.4) is 0 Å². The van der Waals surface area contributed by atoms with Crippen molar-refractivity contribution in [1.82, 2.24) is 9.88 Å². The van der Waals surface area contributed by atoms with E-state index in [9.17, 15) is 0 Å². The predicted molar refractivity (Wildman–Crippen MR) is 105 cm³/mol. The Hall–Kier alpha value is -2.37. The summed E-state index contributed by atoms with van der Waals surface area (Å²) in [5, 5.41) is 1.78. The molecule has 3 heterocycles. The van der Waals surface area contributed by atoms with Gasteiger partial charge in [-0.15, -0.1) is 0 Å². The molecule has 0 amide bonds. The fraction of sp³-hybridized carbons (Fsp3) is 0.286. The number of hydrogen-bond acceptors (Lipinski definition) is 5. The number of para-hydroxylation sites is 1. The molecular formula is C21H20N2O2S. The van der Waals surface area contributed by atoms with E-state index in [0.29, 0.717) is 5.19 Å². The summed E-state index contributed by atoms with van der Waals surface area (Å²) in [5.74, 6) is 1.79. The molecule has 26 heavy (non-hydrogen) atoms. The first-order chi connectivity index (χ1) is 12.8. The summed E-state index contributed by atoms with van der Waals surface area (Å²) < 4.78 is 13.2. The lowest BCUT2D eigenvalue weighted by molar-refractivity contribution is 0.207. The molecule has 1 fully saturated rings. The number of aromatic nitrogens is 1. The third kappa shape index (κ3) is 3.20. The molecule has 0 bridgehead atoms. The van der Waals surface area contributed by atoms with Gasteiger partial charge in [-0.25, -0.2) is 4.98 Å². The van der Waals surface area contributed by atoms with Crippen molar-refractivity contribution in [2.24, 2.45) is 0 Å². The van der Waals surface area contributed by atoms with Crippen LogP contribution in [0.25, 0.3) is 21.2 Å². The van der Waals surface area contributed by atoms with Gasteiger partial charge in [0.05, 0.1) is 16.8 Å². The van der Waals surface area contributed by atoms with E-state index in [1.807, 2.05) is 30.3 Å². The Bertz CT molecular complexity index is 1010. The highest BCUT2D eigenvalue weighted by Crippen LogP contribution is 2.33. The van der Waals surface area contributed by atoms with E-state index in [4.69, 9.17) is 9.15 Å². The van der Waals surface area contributed by atoms with Crippen molar-refractivity contribution >= 4 is 32.5 Å². The van der Waals surface area contributed by atoms with E-state index in [1.165, 1.54) is 32.4 Å². The molecule has 0 aliphatic carbocycles. The second-order valence-electron chi connectivity index (χ2n) is 6.80. The zero-order valence-corrected chi connectivity index (χ0v) is 15.3. The molecule has 0 radical (unpaired) electrons. The number of rotatable bonds is 4. The molecule has 2 aromatic carbocycles. The predicted octanol–water partition coefficient (Wildman–Crippen LogP) is 5.82. The van der Waals surface area contributed by atoms with Gasteiger partial charge < -0.3 is 9.15 Å². The van der Waals surface area contributed by atoms with Gasteiger partial charge in [-0.05, 0) is 56.3 Å². The van der Waals surface area contributed by atoms with Gasteiger partial charge in [-0.2, -0.15) is 0 Å². The van der Waals surface area contributed by atoms with Gasteiger partial charge in [0.2, 0.25) is 0 Å². The third-order valence-electron chi connectivity index (χ3n) is 4.85. The van der Waals surface area contributed by atoms with E-state index >= 15 is 0 Å². The Morgan fingerprint density at radius 3 is 2.81 bits per heavy atom. The topological polar surface area (TPSA) is 38.5 Å². The fourth-order valence-electron chi connectivity index (χ4n) is 3.54. The average Bonchev–Trinajstić information content (AvgIpc) is 3.24. The number of furan rings is 1. The Kier molecular flexibility index (Phi) is 4.11. The lowest BCUT2D eigenvalue weighted by atomic mass is 10.1. The smallest absolute Gasteiger partial charge is 0.279 e. The number of hydrogen-bond donors (Lipinski definition) is 0. The van der Waals surface area contributed by atoms with Crippen LogP contribution in [0.1, 0.15) is 25.0 Å². The molecular weight excluding hydrogens is 344 g/mol. The average molecular weight is 364 g/mol. The van der Waals surface area contributed by atoms with Crippen LogP contribution in [0.4, 0.5) is 0 Å². The largest absolute Gasteiger partial charge is 0.460 e. The van der Waals surface area contributed by atoms with Crippen molar-refractivity contribution in [3.63, 3.8) is 0 Å². The van der Waals surface area contributed by atoms with E-state index in [0.717, 1.165) is 39.2 Å². The standard InChI is InChI=1S/C21H20N2O2S/c1-4-10-23(11-5-1)14-17-12-15-8-9-16(13-19(15)24-17)25-21-22-18-6-2-3-7-20(18)26-21/h2-3,6-9,12-13H,1,4-5,10-11,14H2. The lowest BCUT2D eigenvalue weighted by Gasteiger charge is -2.25. The molecule has 5 rings (SSSR count). The Morgan fingerprint density at radius 2 is 1.92 bits per heavy atom. The molecule has 2 aromatic heterocycles. The normalized spacial score (nSPS) is 15.7. The minimum atomic E-state index is 0.658. The van der Waals surface area contributed by atoms with Crippen molar-refractivity contribution in [1.29, 1.82) is 0 Å². The monoisotopic (exact) mass is 364 g/mol. The van der Waals surface area contributed by atoms with Crippen LogP contribution in [0, 0.1) is 0 Å². The number of thiazole rings is 1. The van der Waals surface area contributed by atoms with Gasteiger partial charge in [0.1, 0.15) is 17.1 Å². The molecule has 5 heteroatoms. The number of likely N-dealkylation sites (tertiary alicyclic amines) is 1. The minimum absolute atomic E-state index is 0.658. The minimum Gasteiger partial charge on any atom is -0.460 e. The molecule has 0 unspecified atom stereocenters. The zero-order valence-electron chi connectivity index (χ0n) is 14.5. The second-order valence-corrected chi connectivity index (χ2v) is 7.79. The summed E-state index contributed by atoms with van der Waals surface area (Å²) >= 11 is 1.56. The van der Waals surface area contributed by atoms with E-state index < -0.39 is 0 Å². The van der Waals surface area contributed by atoms with Crippen LogP contribution in [-0.4, -0.2) is 23.0 Å². The molecule has 1 aliphatic heterocycles. The van der Waals surface area contributed by atoms with Gasteiger partial charge in [0.15, 0.2) is 0 Å². The molecule has 4 aromatic rings. The highest BCUT2D eigenvalue weighted by Gasteiger charge is 2.14. The summed E-state index contributed by atoms with van der Waals surface area (Å²) in [7, 11) is 0. The summed E-state index contributed by atoms with van der Waals surface area (Å²) in [5.41, 5.74) is 1.84. The first-order valence-electron chi connectivity index (χ1n) is 9.12. The highest BCUT2D eigenvalue weighted by molar-refractivity contribution is 7.20. The SMILES string of the molecule is c1ccc2sc(Oc3ccc4cc(CN5CCCCC5)oc4c3)nc2c1. The van der Waals surface area contributed by atoms with Crippen molar-refractivity contribution in [2.45, 2.75) is 25.8 Å². The van der Waals surface area contributed by atoms with Crippen LogP contribution in [0.5, 0.6) is 10.9 Å². The van der Waals surface area contributed by atoms with Gasteiger partial charge in [-0.3, -0.25) is 4.90 Å². The maximum Gasteiger partial charge on any atom is 0.279 e. The number of nitrogens with zero attached hydrogens (tertiary/aromatic N) is 2. The fourth-order valence-corrected chi connectivity index (χ4v) is 4.38. The summed E-state index contributed by atoms with van der Waals surface area (Å²) in [4.78, 5) is 7.00. The van der Waals surface area contributed by atoms with Crippen LogP contribution in [0.2, 0.25) is 0 Å². The van der Waals surface area contributed by atoms with Gasteiger partial charge in [-0.1, -0.05) is 29.9 Å². The van der Waals surface area contributed by atoms with Crippen LogP contribution in [0.15, 0.2) is 52.9 Å². The van der Waals surface area contributed by atoms with E-state index in [-0.39, 0.29) is 0 Å². The number of ether oxygens (including phenoxy) is 1. The summed E-state index contributed by atoms with van der Waals surface area (Å²) in [6.45, 7) is 3.23.